The Bertz CT molecular complexity index is 871. The molecule has 4 rings (SSSR count). The third kappa shape index (κ3) is 3.20. The van der Waals surface area contributed by atoms with Gasteiger partial charge in [0.25, 0.3) is 0 Å². The highest BCUT2D eigenvalue weighted by molar-refractivity contribution is 5.57. The van der Waals surface area contributed by atoms with Crippen LogP contribution in [-0.4, -0.2) is 37.5 Å². The van der Waals surface area contributed by atoms with Crippen molar-refractivity contribution in [2.45, 2.75) is 53.0 Å². The molecular formula is C20H28N6. The largest absolute Gasteiger partial charge is 0.356 e. The van der Waals surface area contributed by atoms with Gasteiger partial charge in [0.1, 0.15) is 5.82 Å². The Morgan fingerprint density at radius 3 is 2.69 bits per heavy atom. The van der Waals surface area contributed by atoms with Crippen LogP contribution in [0.2, 0.25) is 0 Å². The molecule has 26 heavy (non-hydrogen) atoms. The zero-order chi connectivity index (χ0) is 18.1. The zero-order valence-corrected chi connectivity index (χ0v) is 16.0. The normalized spacial score (nSPS) is 15.9. The molecule has 4 heterocycles. The Labute approximate surface area is 154 Å². The molecule has 1 aliphatic heterocycles. The summed E-state index contributed by atoms with van der Waals surface area (Å²) in [6.07, 6.45) is 8.53. The van der Waals surface area contributed by atoms with E-state index in [0.29, 0.717) is 0 Å². The molecule has 0 amide bonds. The second-order valence-electron chi connectivity index (χ2n) is 7.39. The van der Waals surface area contributed by atoms with Crippen LogP contribution in [0.4, 0.5) is 5.82 Å². The molecule has 0 unspecified atom stereocenters. The molecule has 0 atom stereocenters. The lowest BCUT2D eigenvalue weighted by Gasteiger charge is -2.33. The summed E-state index contributed by atoms with van der Waals surface area (Å²) in [5.74, 6) is 1.98. The monoisotopic (exact) mass is 352 g/mol. The number of nitrogens with zero attached hydrogens (tertiary/aromatic N) is 6. The second-order valence-corrected chi connectivity index (χ2v) is 7.39. The van der Waals surface area contributed by atoms with E-state index in [1.54, 1.807) is 0 Å². The molecule has 6 heteroatoms. The van der Waals surface area contributed by atoms with E-state index < -0.39 is 0 Å². The Balaban J connectivity index is 1.49. The van der Waals surface area contributed by atoms with Gasteiger partial charge in [0.2, 0.25) is 0 Å². The lowest BCUT2D eigenvalue weighted by atomic mass is 9.93. The number of rotatable bonds is 5. The molecule has 0 aromatic carbocycles. The molecule has 3 aromatic heterocycles. The summed E-state index contributed by atoms with van der Waals surface area (Å²) in [7, 11) is 0. The topological polar surface area (TPSA) is 51.2 Å². The first-order valence-electron chi connectivity index (χ1n) is 9.74. The van der Waals surface area contributed by atoms with Crippen molar-refractivity contribution in [3.8, 4) is 0 Å². The van der Waals surface area contributed by atoms with Crippen LogP contribution in [0.25, 0.3) is 5.65 Å². The van der Waals surface area contributed by atoms with Crippen LogP contribution in [0.15, 0.2) is 24.5 Å². The highest BCUT2D eigenvalue weighted by atomic mass is 15.4. The van der Waals surface area contributed by atoms with Gasteiger partial charge < -0.3 is 4.90 Å². The molecular weight excluding hydrogens is 324 g/mol. The highest BCUT2D eigenvalue weighted by Gasteiger charge is 2.23. The molecule has 0 radical (unpaired) electrons. The van der Waals surface area contributed by atoms with Crippen molar-refractivity contribution in [2.75, 3.05) is 18.0 Å². The van der Waals surface area contributed by atoms with Crippen molar-refractivity contribution in [2.24, 2.45) is 5.92 Å². The van der Waals surface area contributed by atoms with Crippen LogP contribution in [0, 0.1) is 19.8 Å². The van der Waals surface area contributed by atoms with E-state index in [2.05, 4.69) is 43.0 Å². The predicted octanol–water partition coefficient (Wildman–Crippen LogP) is 3.41. The Morgan fingerprint density at radius 2 is 2.00 bits per heavy atom. The Kier molecular flexibility index (Phi) is 4.66. The minimum atomic E-state index is 0.777. The summed E-state index contributed by atoms with van der Waals surface area (Å²) in [4.78, 5) is 7.30. The summed E-state index contributed by atoms with van der Waals surface area (Å²) in [5, 5.41) is 9.07. The average Bonchev–Trinajstić information content (AvgIpc) is 3.29. The summed E-state index contributed by atoms with van der Waals surface area (Å²) in [5.41, 5.74) is 4.42. The van der Waals surface area contributed by atoms with E-state index in [1.807, 2.05) is 21.5 Å². The Morgan fingerprint density at radius 1 is 1.19 bits per heavy atom. The molecule has 138 valence electrons. The molecule has 1 fully saturated rings. The van der Waals surface area contributed by atoms with Crippen LogP contribution < -0.4 is 4.90 Å². The van der Waals surface area contributed by atoms with Gasteiger partial charge in [0, 0.05) is 49.4 Å². The zero-order valence-electron chi connectivity index (χ0n) is 16.0. The maximum Gasteiger partial charge on any atom is 0.160 e. The highest BCUT2D eigenvalue weighted by Crippen LogP contribution is 2.27. The lowest BCUT2D eigenvalue weighted by molar-refractivity contribution is 0.352. The van der Waals surface area contributed by atoms with Gasteiger partial charge in [-0.2, -0.15) is 14.7 Å². The van der Waals surface area contributed by atoms with E-state index in [1.165, 1.54) is 30.6 Å². The molecule has 1 saturated heterocycles. The van der Waals surface area contributed by atoms with Crippen molar-refractivity contribution in [1.82, 2.24) is 24.4 Å². The molecule has 1 aliphatic rings. The minimum Gasteiger partial charge on any atom is -0.356 e. The van der Waals surface area contributed by atoms with E-state index in [9.17, 15) is 0 Å². The standard InChI is InChI=1S/C20H28N6/c1-4-18-14-19(26-20(22-18)15(2)16(3)23-26)24-11-6-17(7-12-24)8-13-25-10-5-9-21-25/h5,9-10,14,17H,4,6-8,11-13H2,1-3H3. The number of hydrogen-bond acceptors (Lipinski definition) is 4. The van der Waals surface area contributed by atoms with Gasteiger partial charge in [-0.15, -0.1) is 0 Å². The van der Waals surface area contributed by atoms with Crippen LogP contribution in [-0.2, 0) is 13.0 Å². The van der Waals surface area contributed by atoms with Crippen LogP contribution >= 0.6 is 0 Å². The summed E-state index contributed by atoms with van der Waals surface area (Å²) in [6.45, 7) is 9.56. The van der Waals surface area contributed by atoms with Crippen molar-refractivity contribution in [3.63, 3.8) is 0 Å². The molecule has 0 saturated carbocycles. The number of fused-ring (bicyclic) bond motifs is 1. The summed E-state index contributed by atoms with van der Waals surface area (Å²) < 4.78 is 4.09. The quantitative estimate of drug-likeness (QED) is 0.706. The molecule has 3 aromatic rings. The maximum atomic E-state index is 4.81. The number of piperidine rings is 1. The third-order valence-corrected chi connectivity index (χ3v) is 5.72. The molecule has 0 aliphatic carbocycles. The first-order valence-corrected chi connectivity index (χ1v) is 9.74. The van der Waals surface area contributed by atoms with Gasteiger partial charge in [-0.05, 0) is 51.5 Å². The molecule has 0 spiro atoms. The van der Waals surface area contributed by atoms with E-state index in [4.69, 9.17) is 10.1 Å². The molecule has 6 nitrogen and oxygen atoms in total. The number of aryl methyl sites for hydroxylation is 4. The van der Waals surface area contributed by atoms with E-state index in [0.717, 1.165) is 49.0 Å². The summed E-state index contributed by atoms with van der Waals surface area (Å²) in [6, 6.07) is 4.22. The first kappa shape index (κ1) is 17.1. The average molecular weight is 352 g/mol. The number of aromatic nitrogens is 5. The van der Waals surface area contributed by atoms with Crippen LogP contribution in [0.1, 0.15) is 43.1 Å². The van der Waals surface area contributed by atoms with Gasteiger partial charge in [-0.25, -0.2) is 4.98 Å². The SMILES string of the molecule is CCc1cc(N2CCC(CCn3cccn3)CC2)n2nc(C)c(C)c2n1. The van der Waals surface area contributed by atoms with Gasteiger partial charge >= 0.3 is 0 Å². The number of hydrogen-bond donors (Lipinski definition) is 0. The fourth-order valence-corrected chi connectivity index (χ4v) is 3.87. The Hall–Kier alpha value is -2.37. The summed E-state index contributed by atoms with van der Waals surface area (Å²) >= 11 is 0. The van der Waals surface area contributed by atoms with Gasteiger partial charge in [-0.3, -0.25) is 4.68 Å². The van der Waals surface area contributed by atoms with Gasteiger partial charge in [-0.1, -0.05) is 6.92 Å². The third-order valence-electron chi connectivity index (χ3n) is 5.72. The van der Waals surface area contributed by atoms with Crippen LogP contribution in [0.5, 0.6) is 0 Å². The van der Waals surface area contributed by atoms with E-state index >= 15 is 0 Å². The smallest absolute Gasteiger partial charge is 0.160 e. The molecule has 0 N–H and O–H groups in total. The van der Waals surface area contributed by atoms with Crippen molar-refractivity contribution in [1.29, 1.82) is 0 Å². The number of anilines is 1. The van der Waals surface area contributed by atoms with Crippen molar-refractivity contribution in [3.05, 3.63) is 41.5 Å². The minimum absolute atomic E-state index is 0.777. The second kappa shape index (κ2) is 7.09. The fraction of sp³-hybridized carbons (Fsp3) is 0.550. The van der Waals surface area contributed by atoms with Gasteiger partial charge in [0.05, 0.1) is 5.69 Å². The van der Waals surface area contributed by atoms with Crippen LogP contribution in [0.3, 0.4) is 0 Å². The lowest BCUT2D eigenvalue weighted by Crippen LogP contribution is -2.35. The van der Waals surface area contributed by atoms with Crippen molar-refractivity contribution >= 4 is 11.5 Å². The first-order chi connectivity index (χ1) is 12.7. The van der Waals surface area contributed by atoms with Gasteiger partial charge in [0.15, 0.2) is 5.65 Å². The fourth-order valence-electron chi connectivity index (χ4n) is 3.87. The molecule has 0 bridgehead atoms. The van der Waals surface area contributed by atoms with Crippen molar-refractivity contribution < 1.29 is 0 Å². The maximum absolute atomic E-state index is 4.81. The predicted molar refractivity (Wildman–Crippen MR) is 104 cm³/mol. The van der Waals surface area contributed by atoms with E-state index in [-0.39, 0.29) is 0 Å².